The van der Waals surface area contributed by atoms with Crippen LogP contribution in [0.4, 0.5) is 5.69 Å². The van der Waals surface area contributed by atoms with Crippen LogP contribution in [0.15, 0.2) is 114 Å². The number of carbonyl (C=O) groups is 2. The summed E-state index contributed by atoms with van der Waals surface area (Å²) in [6.45, 7) is 5.21. The van der Waals surface area contributed by atoms with E-state index in [1.54, 1.807) is 42.5 Å². The molecule has 9 heteroatoms. The van der Waals surface area contributed by atoms with Gasteiger partial charge in [0.15, 0.2) is 0 Å². The number of hydrogen-bond acceptors (Lipinski definition) is 4. The summed E-state index contributed by atoms with van der Waals surface area (Å²) in [5.74, 6) is -0.865. The first-order valence-electron chi connectivity index (χ1n) is 14.1. The zero-order valence-electron chi connectivity index (χ0n) is 24.5. The first kappa shape index (κ1) is 31.8. The van der Waals surface area contributed by atoms with Crippen LogP contribution in [0.1, 0.15) is 30.5 Å². The molecule has 0 aromatic heterocycles. The van der Waals surface area contributed by atoms with Crippen molar-refractivity contribution in [2.24, 2.45) is 0 Å². The van der Waals surface area contributed by atoms with Gasteiger partial charge in [-0.05, 0) is 56.2 Å². The number of nitrogens with zero attached hydrogens (tertiary/aromatic N) is 2. The first-order valence-corrected chi connectivity index (χ1v) is 15.9. The molecule has 0 radical (unpaired) electrons. The second kappa shape index (κ2) is 14.4. The van der Waals surface area contributed by atoms with E-state index in [0.717, 1.165) is 21.0 Å². The molecule has 1 N–H and O–H groups in total. The minimum atomic E-state index is -4.21. The Labute approximate surface area is 259 Å². The number of anilines is 1. The minimum Gasteiger partial charge on any atom is -0.352 e. The van der Waals surface area contributed by atoms with Gasteiger partial charge in [0, 0.05) is 19.0 Å². The number of nitrogens with one attached hydrogen (secondary N) is 1. The summed E-state index contributed by atoms with van der Waals surface area (Å²) in [6.07, 6.45) is 0.245. The zero-order chi connectivity index (χ0) is 31.0. The fourth-order valence-electron chi connectivity index (χ4n) is 4.83. The molecule has 0 saturated carbocycles. The van der Waals surface area contributed by atoms with E-state index < -0.39 is 28.5 Å². The predicted molar refractivity (Wildman–Crippen MR) is 171 cm³/mol. The average molecular weight is 618 g/mol. The Morgan fingerprint density at radius 1 is 0.814 bits per heavy atom. The topological polar surface area (TPSA) is 86.8 Å². The van der Waals surface area contributed by atoms with E-state index >= 15 is 0 Å². The van der Waals surface area contributed by atoms with Crippen molar-refractivity contribution >= 4 is 39.1 Å². The van der Waals surface area contributed by atoms with Gasteiger partial charge < -0.3 is 10.2 Å². The van der Waals surface area contributed by atoms with Gasteiger partial charge in [0.2, 0.25) is 11.8 Å². The molecule has 1 atom stereocenters. The summed E-state index contributed by atoms with van der Waals surface area (Å²) >= 11 is 6.51. The first-order chi connectivity index (χ1) is 20.6. The van der Waals surface area contributed by atoms with E-state index in [0.29, 0.717) is 0 Å². The average Bonchev–Trinajstić information content (AvgIpc) is 2.98. The number of rotatable bonds is 12. The Bertz CT molecular complexity index is 1650. The van der Waals surface area contributed by atoms with E-state index in [9.17, 15) is 18.0 Å². The van der Waals surface area contributed by atoms with Gasteiger partial charge in [-0.15, -0.1) is 0 Å². The van der Waals surface area contributed by atoms with Gasteiger partial charge in [0.25, 0.3) is 10.0 Å². The minimum absolute atomic E-state index is 0.0198. The Morgan fingerprint density at radius 2 is 1.42 bits per heavy atom. The van der Waals surface area contributed by atoms with Gasteiger partial charge in [-0.3, -0.25) is 13.9 Å². The number of halogens is 1. The van der Waals surface area contributed by atoms with Crippen LogP contribution < -0.4 is 9.62 Å². The highest BCUT2D eigenvalue weighted by atomic mass is 35.5. The quantitative estimate of drug-likeness (QED) is 0.211. The second-order valence-corrected chi connectivity index (χ2v) is 12.9. The summed E-state index contributed by atoms with van der Waals surface area (Å²) in [5, 5.41) is 3.14. The van der Waals surface area contributed by atoms with Crippen LogP contribution in [0.5, 0.6) is 0 Å². The van der Waals surface area contributed by atoms with Gasteiger partial charge in [-0.1, -0.05) is 102 Å². The van der Waals surface area contributed by atoms with Crippen molar-refractivity contribution in [3.05, 3.63) is 131 Å². The van der Waals surface area contributed by atoms with Gasteiger partial charge in [-0.25, -0.2) is 8.42 Å². The van der Waals surface area contributed by atoms with Crippen molar-refractivity contribution in [2.45, 2.75) is 50.7 Å². The maximum absolute atomic E-state index is 14.4. The van der Waals surface area contributed by atoms with Crippen molar-refractivity contribution in [3.8, 4) is 0 Å². The summed E-state index contributed by atoms with van der Waals surface area (Å²) < 4.78 is 29.0. The number of aryl methyl sites for hydroxylation is 1. The van der Waals surface area contributed by atoms with Crippen molar-refractivity contribution in [3.63, 3.8) is 0 Å². The van der Waals surface area contributed by atoms with Gasteiger partial charge in [0.1, 0.15) is 12.6 Å². The highest BCUT2D eigenvalue weighted by Gasteiger charge is 2.35. The molecule has 43 heavy (non-hydrogen) atoms. The van der Waals surface area contributed by atoms with Crippen LogP contribution in [0.2, 0.25) is 5.02 Å². The maximum Gasteiger partial charge on any atom is 0.264 e. The molecular formula is C34H36ClN3O4S. The molecule has 0 spiro atoms. The van der Waals surface area contributed by atoms with Crippen LogP contribution in [0, 0.1) is 6.92 Å². The van der Waals surface area contributed by atoms with Crippen LogP contribution in [0.25, 0.3) is 0 Å². The zero-order valence-corrected chi connectivity index (χ0v) is 26.1. The van der Waals surface area contributed by atoms with E-state index in [4.69, 9.17) is 11.6 Å². The Hall–Kier alpha value is -4.14. The normalized spacial score (nSPS) is 12.0. The lowest BCUT2D eigenvalue weighted by molar-refractivity contribution is -0.140. The number of para-hydroxylation sites is 1. The molecule has 0 aliphatic rings. The molecule has 0 bridgehead atoms. The van der Waals surface area contributed by atoms with Crippen LogP contribution in [-0.2, 0) is 32.6 Å². The summed E-state index contributed by atoms with van der Waals surface area (Å²) in [4.78, 5) is 29.7. The van der Waals surface area contributed by atoms with E-state index in [2.05, 4.69) is 5.32 Å². The molecule has 0 saturated heterocycles. The summed E-state index contributed by atoms with van der Waals surface area (Å²) in [7, 11) is -4.21. The Balaban J connectivity index is 1.81. The second-order valence-electron chi connectivity index (χ2n) is 10.7. The molecule has 0 aliphatic carbocycles. The molecule has 0 heterocycles. The molecule has 0 fully saturated rings. The lowest BCUT2D eigenvalue weighted by Gasteiger charge is -2.34. The molecule has 4 aromatic rings. The van der Waals surface area contributed by atoms with Crippen molar-refractivity contribution in [2.75, 3.05) is 10.8 Å². The Morgan fingerprint density at radius 3 is 2.05 bits per heavy atom. The molecule has 4 aromatic carbocycles. The highest BCUT2D eigenvalue weighted by molar-refractivity contribution is 7.92. The van der Waals surface area contributed by atoms with Crippen LogP contribution in [0.3, 0.4) is 0 Å². The SMILES string of the molecule is Cc1cccc(CN(C(=O)CN(c2ccccc2Cl)S(=O)(=O)c2ccccc2)C(Cc2ccccc2)C(=O)NC(C)C)c1. The molecule has 7 nitrogen and oxygen atoms in total. The number of sulfonamides is 1. The maximum atomic E-state index is 14.4. The van der Waals surface area contributed by atoms with Crippen molar-refractivity contribution in [1.29, 1.82) is 0 Å². The molecule has 1 unspecified atom stereocenters. The monoisotopic (exact) mass is 617 g/mol. The molecular weight excluding hydrogens is 582 g/mol. The highest BCUT2D eigenvalue weighted by Crippen LogP contribution is 2.31. The molecule has 0 aliphatic heterocycles. The number of hydrogen-bond donors (Lipinski definition) is 1. The van der Waals surface area contributed by atoms with Gasteiger partial charge in [0.05, 0.1) is 15.6 Å². The van der Waals surface area contributed by atoms with E-state index in [-0.39, 0.29) is 40.5 Å². The largest absolute Gasteiger partial charge is 0.352 e. The predicted octanol–water partition coefficient (Wildman–Crippen LogP) is 6.01. The summed E-state index contributed by atoms with van der Waals surface area (Å²) in [6, 6.07) is 30.5. The molecule has 4 rings (SSSR count). The molecule has 224 valence electrons. The number of carbonyl (C=O) groups excluding carboxylic acids is 2. The van der Waals surface area contributed by atoms with Gasteiger partial charge >= 0.3 is 0 Å². The Kier molecular flexibility index (Phi) is 10.6. The lowest BCUT2D eigenvalue weighted by Crippen LogP contribution is -2.54. The van der Waals surface area contributed by atoms with E-state index in [1.807, 2.05) is 75.4 Å². The van der Waals surface area contributed by atoms with Crippen LogP contribution >= 0.6 is 11.6 Å². The van der Waals surface area contributed by atoms with Crippen molar-refractivity contribution in [1.82, 2.24) is 10.2 Å². The fraction of sp³-hybridized carbons (Fsp3) is 0.235. The standard InChI is InChI=1S/C34H36ClN3O4S/c1-25(2)36-34(40)32(22-27-14-6-4-7-15-27)37(23-28-16-12-13-26(3)21-28)33(39)24-38(31-20-11-10-19-30(31)35)43(41,42)29-17-8-5-9-18-29/h4-21,25,32H,22-24H2,1-3H3,(H,36,40). The number of benzene rings is 4. The summed E-state index contributed by atoms with van der Waals surface area (Å²) in [5.41, 5.74) is 2.86. The smallest absolute Gasteiger partial charge is 0.264 e. The van der Waals surface area contributed by atoms with E-state index in [1.165, 1.54) is 17.0 Å². The molecule has 2 amide bonds. The van der Waals surface area contributed by atoms with Crippen LogP contribution in [-0.4, -0.2) is 43.8 Å². The lowest BCUT2D eigenvalue weighted by atomic mass is 10.0. The number of amides is 2. The third-order valence-electron chi connectivity index (χ3n) is 6.87. The third kappa shape index (κ3) is 8.24. The third-order valence-corrected chi connectivity index (χ3v) is 8.96. The fourth-order valence-corrected chi connectivity index (χ4v) is 6.57. The van der Waals surface area contributed by atoms with Crippen molar-refractivity contribution < 1.29 is 18.0 Å². The van der Waals surface area contributed by atoms with Gasteiger partial charge in [-0.2, -0.15) is 0 Å².